The Labute approximate surface area is 196 Å². The van der Waals surface area contributed by atoms with Crippen molar-refractivity contribution in [2.45, 2.75) is 117 Å². The first-order chi connectivity index (χ1) is 14.6. The van der Waals surface area contributed by atoms with Crippen LogP contribution in [0.5, 0.6) is 0 Å². The van der Waals surface area contributed by atoms with E-state index >= 15 is 0 Å². The Morgan fingerprint density at radius 1 is 0.969 bits per heavy atom. The number of likely N-dealkylation sites (tertiary alicyclic amines) is 1. The number of ether oxygens (including phenoxy) is 1. The highest BCUT2D eigenvalue weighted by Gasteiger charge is 2.49. The first kappa shape index (κ1) is 23.8. The number of hydrogen-bond donors (Lipinski definition) is 1. The van der Waals surface area contributed by atoms with Crippen LogP contribution >= 0.6 is 0 Å². The maximum atomic E-state index is 5.99. The molecule has 3 heterocycles. The van der Waals surface area contributed by atoms with Crippen molar-refractivity contribution in [3.05, 3.63) is 34.5 Å². The number of epoxide rings is 1. The van der Waals surface area contributed by atoms with Gasteiger partial charge in [-0.2, -0.15) is 0 Å². The van der Waals surface area contributed by atoms with Crippen LogP contribution < -0.4 is 0 Å². The molecule has 0 aliphatic carbocycles. The molecule has 178 valence electrons. The summed E-state index contributed by atoms with van der Waals surface area (Å²) in [5.74, 6) is 0.644. The number of hydrogen-bond acceptors (Lipinski definition) is 2. The summed E-state index contributed by atoms with van der Waals surface area (Å²) >= 11 is 0. The Bertz CT molecular complexity index is 995. The van der Waals surface area contributed by atoms with Crippen molar-refractivity contribution in [1.29, 1.82) is 0 Å². The van der Waals surface area contributed by atoms with Crippen LogP contribution in [0.2, 0.25) is 0 Å². The molecule has 4 rings (SSSR count). The average molecular weight is 439 g/mol. The number of fused-ring (bicyclic) bond motifs is 1. The van der Waals surface area contributed by atoms with Crippen molar-refractivity contribution in [1.82, 2.24) is 9.88 Å². The Hall–Kier alpha value is -1.32. The molecule has 3 heteroatoms. The van der Waals surface area contributed by atoms with Crippen LogP contribution in [-0.2, 0) is 27.4 Å². The molecule has 2 aromatic rings. The number of benzene rings is 1. The van der Waals surface area contributed by atoms with E-state index in [9.17, 15) is 0 Å². The van der Waals surface area contributed by atoms with E-state index in [2.05, 4.69) is 98.3 Å². The fourth-order valence-corrected chi connectivity index (χ4v) is 5.88. The van der Waals surface area contributed by atoms with Gasteiger partial charge in [-0.3, -0.25) is 0 Å². The van der Waals surface area contributed by atoms with Crippen LogP contribution in [0.25, 0.3) is 10.9 Å². The molecule has 2 fully saturated rings. The van der Waals surface area contributed by atoms with Gasteiger partial charge in [0.15, 0.2) is 0 Å². The van der Waals surface area contributed by atoms with Gasteiger partial charge in [0, 0.05) is 28.1 Å². The summed E-state index contributed by atoms with van der Waals surface area (Å²) in [5, 5.41) is 1.48. The molecule has 0 saturated carbocycles. The number of likely N-dealkylation sites (N-methyl/N-ethyl adjacent to an activating group) is 1. The maximum absolute atomic E-state index is 5.99. The summed E-state index contributed by atoms with van der Waals surface area (Å²) in [6, 6.07) is 5.46. The number of rotatable bonds is 3. The monoisotopic (exact) mass is 438 g/mol. The lowest BCUT2D eigenvalue weighted by molar-refractivity contribution is 0.210. The van der Waals surface area contributed by atoms with E-state index in [1.54, 1.807) is 5.56 Å². The van der Waals surface area contributed by atoms with Gasteiger partial charge in [-0.1, -0.05) is 68.4 Å². The average Bonchev–Trinajstić information content (AvgIpc) is 3.06. The van der Waals surface area contributed by atoms with E-state index in [-0.39, 0.29) is 16.2 Å². The molecule has 4 atom stereocenters. The summed E-state index contributed by atoms with van der Waals surface area (Å²) < 4.78 is 5.99. The minimum Gasteiger partial charge on any atom is -0.368 e. The van der Waals surface area contributed by atoms with Crippen molar-refractivity contribution >= 4 is 10.9 Å². The van der Waals surface area contributed by atoms with Crippen LogP contribution in [-0.4, -0.2) is 41.7 Å². The standard InChI is InChI=1S/C29H46N2O/c1-17-25(32-17)24-18(12-13-31(24)11)14-20-23-21(28(5,6)7)15-19(27(2,3)4)16-22(23)30-26(20)29(8,9)10/h15-18,24-25,30H,12-14H2,1-11H3. The molecular weight excluding hydrogens is 392 g/mol. The normalized spacial score (nSPS) is 27.5. The Balaban J connectivity index is 1.90. The third-order valence-corrected chi connectivity index (χ3v) is 7.83. The first-order valence-electron chi connectivity index (χ1n) is 12.6. The highest BCUT2D eigenvalue weighted by molar-refractivity contribution is 5.90. The van der Waals surface area contributed by atoms with E-state index in [1.807, 2.05) is 0 Å². The van der Waals surface area contributed by atoms with Crippen LogP contribution in [0.1, 0.15) is 98.0 Å². The molecule has 0 spiro atoms. The molecule has 4 unspecified atom stereocenters. The lowest BCUT2D eigenvalue weighted by Gasteiger charge is -2.28. The van der Waals surface area contributed by atoms with Crippen molar-refractivity contribution in [3.63, 3.8) is 0 Å². The Kier molecular flexibility index (Phi) is 5.66. The number of nitrogens with zero attached hydrogens (tertiary/aromatic N) is 1. The van der Waals surface area contributed by atoms with Gasteiger partial charge in [-0.15, -0.1) is 0 Å². The highest BCUT2D eigenvalue weighted by atomic mass is 16.6. The van der Waals surface area contributed by atoms with Crippen molar-refractivity contribution in [3.8, 4) is 0 Å². The molecule has 2 aliphatic heterocycles. The molecule has 2 saturated heterocycles. The summed E-state index contributed by atoms with van der Waals surface area (Å²) in [6.07, 6.45) is 3.21. The molecule has 3 nitrogen and oxygen atoms in total. The van der Waals surface area contributed by atoms with Gasteiger partial charge in [0.05, 0.1) is 12.2 Å². The lowest BCUT2D eigenvalue weighted by atomic mass is 9.76. The second kappa shape index (κ2) is 7.60. The van der Waals surface area contributed by atoms with Crippen LogP contribution in [0.15, 0.2) is 12.1 Å². The molecule has 1 N–H and O–H groups in total. The largest absolute Gasteiger partial charge is 0.368 e. The third-order valence-electron chi connectivity index (χ3n) is 7.83. The van der Waals surface area contributed by atoms with Crippen molar-refractivity contribution < 1.29 is 4.74 Å². The molecule has 0 radical (unpaired) electrons. The third kappa shape index (κ3) is 4.28. The Morgan fingerprint density at radius 3 is 2.09 bits per heavy atom. The zero-order chi connectivity index (χ0) is 23.8. The van der Waals surface area contributed by atoms with Gasteiger partial charge in [0.1, 0.15) is 0 Å². The second-order valence-corrected chi connectivity index (χ2v) is 13.7. The zero-order valence-corrected chi connectivity index (χ0v) is 22.4. The summed E-state index contributed by atoms with van der Waals surface area (Å²) in [5.41, 5.74) is 7.49. The number of nitrogens with one attached hydrogen (secondary N) is 1. The number of aromatic amines is 1. The van der Waals surface area contributed by atoms with Gasteiger partial charge in [-0.25, -0.2) is 0 Å². The van der Waals surface area contributed by atoms with Gasteiger partial charge >= 0.3 is 0 Å². The summed E-state index contributed by atoms with van der Waals surface area (Å²) in [7, 11) is 2.29. The highest BCUT2D eigenvalue weighted by Crippen LogP contribution is 2.44. The Morgan fingerprint density at radius 2 is 1.59 bits per heavy atom. The summed E-state index contributed by atoms with van der Waals surface area (Å²) in [6.45, 7) is 24.5. The number of H-pyrrole nitrogens is 1. The molecule has 0 bridgehead atoms. The fraction of sp³-hybridized carbons (Fsp3) is 0.724. The van der Waals surface area contributed by atoms with Crippen molar-refractivity contribution in [2.75, 3.05) is 13.6 Å². The smallest absolute Gasteiger partial charge is 0.0996 e. The zero-order valence-electron chi connectivity index (χ0n) is 22.4. The minimum absolute atomic E-state index is 0.0782. The van der Waals surface area contributed by atoms with E-state index in [4.69, 9.17) is 4.74 Å². The fourth-order valence-electron chi connectivity index (χ4n) is 5.88. The predicted molar refractivity (Wildman–Crippen MR) is 137 cm³/mol. The van der Waals surface area contributed by atoms with E-state index in [0.717, 1.165) is 6.42 Å². The SMILES string of the molecule is CC1OC1C1C(Cc2c(C(C)(C)C)[nH]c3cc(C(C)(C)C)cc(C(C)(C)C)c23)CCN1C. The van der Waals surface area contributed by atoms with Gasteiger partial charge in [0.25, 0.3) is 0 Å². The van der Waals surface area contributed by atoms with Crippen LogP contribution in [0.3, 0.4) is 0 Å². The second-order valence-electron chi connectivity index (χ2n) is 13.7. The van der Waals surface area contributed by atoms with Gasteiger partial charge < -0.3 is 14.6 Å². The molecule has 0 amide bonds. The lowest BCUT2D eigenvalue weighted by Crippen LogP contribution is -2.36. The minimum atomic E-state index is 0.0782. The van der Waals surface area contributed by atoms with Gasteiger partial charge in [0.2, 0.25) is 0 Å². The van der Waals surface area contributed by atoms with E-state index in [0.29, 0.717) is 24.2 Å². The summed E-state index contributed by atoms with van der Waals surface area (Å²) in [4.78, 5) is 6.49. The van der Waals surface area contributed by atoms with Crippen molar-refractivity contribution in [2.24, 2.45) is 5.92 Å². The van der Waals surface area contributed by atoms with E-state index < -0.39 is 0 Å². The molecule has 1 aromatic carbocycles. The predicted octanol–water partition coefficient (Wildman–Crippen LogP) is 6.71. The maximum Gasteiger partial charge on any atom is 0.0996 e. The quantitative estimate of drug-likeness (QED) is 0.540. The molecular formula is C29H46N2O. The topological polar surface area (TPSA) is 31.6 Å². The van der Waals surface area contributed by atoms with Crippen LogP contribution in [0, 0.1) is 5.92 Å². The number of aromatic nitrogens is 1. The molecule has 2 aliphatic rings. The first-order valence-corrected chi connectivity index (χ1v) is 12.6. The molecule has 32 heavy (non-hydrogen) atoms. The van der Waals surface area contributed by atoms with E-state index in [1.165, 1.54) is 40.7 Å². The van der Waals surface area contributed by atoms with Crippen LogP contribution in [0.4, 0.5) is 0 Å². The van der Waals surface area contributed by atoms with Gasteiger partial charge in [-0.05, 0) is 72.9 Å². The molecule has 1 aromatic heterocycles.